The molecule has 1 nitrogen and oxygen atoms in total. The Morgan fingerprint density at radius 2 is 2.33 bits per heavy atom. The lowest BCUT2D eigenvalue weighted by molar-refractivity contribution is 0.987. The first kappa shape index (κ1) is 8.24. The summed E-state index contributed by atoms with van der Waals surface area (Å²) in [5, 5.41) is 0. The van der Waals surface area contributed by atoms with Crippen LogP contribution in [-0.4, -0.2) is 4.98 Å². The predicted molar refractivity (Wildman–Crippen MR) is 53.3 cm³/mol. The van der Waals surface area contributed by atoms with Gasteiger partial charge in [-0.1, -0.05) is 6.92 Å². The Labute approximate surface area is 81.3 Å². The second-order valence-corrected chi connectivity index (χ2v) is 4.18. The second kappa shape index (κ2) is 3.17. The smallest absolute Gasteiger partial charge is 0.0438 e. The van der Waals surface area contributed by atoms with Crippen LogP contribution < -0.4 is 0 Å². The van der Waals surface area contributed by atoms with Gasteiger partial charge in [0.25, 0.3) is 0 Å². The molecule has 1 fully saturated rings. The van der Waals surface area contributed by atoms with Crippen LogP contribution in [0, 0.1) is 0 Å². The van der Waals surface area contributed by atoms with Crippen molar-refractivity contribution in [3.63, 3.8) is 0 Å². The highest BCUT2D eigenvalue weighted by Gasteiger charge is 2.25. The van der Waals surface area contributed by atoms with E-state index in [4.69, 9.17) is 0 Å². The van der Waals surface area contributed by atoms with Crippen LogP contribution in [0.3, 0.4) is 0 Å². The van der Waals surface area contributed by atoms with Gasteiger partial charge in [0.2, 0.25) is 0 Å². The molecule has 0 bridgehead atoms. The van der Waals surface area contributed by atoms with Crippen molar-refractivity contribution in [3.8, 4) is 0 Å². The van der Waals surface area contributed by atoms with Crippen molar-refractivity contribution < 1.29 is 0 Å². The molecule has 0 saturated heterocycles. The molecule has 0 N–H and O–H groups in total. The van der Waals surface area contributed by atoms with Gasteiger partial charge in [-0.05, 0) is 46.8 Å². The zero-order valence-electron chi connectivity index (χ0n) is 7.18. The third-order valence-corrected chi connectivity index (χ3v) is 3.05. The van der Waals surface area contributed by atoms with Crippen LogP contribution in [0.1, 0.15) is 36.9 Å². The molecule has 0 radical (unpaired) electrons. The minimum absolute atomic E-state index is 0.767. The Kier molecular flexibility index (Phi) is 2.18. The van der Waals surface area contributed by atoms with E-state index in [2.05, 4.69) is 33.9 Å². The van der Waals surface area contributed by atoms with Crippen molar-refractivity contribution in [1.29, 1.82) is 0 Å². The summed E-state index contributed by atoms with van der Waals surface area (Å²) in [5.41, 5.74) is 2.67. The van der Waals surface area contributed by atoms with E-state index in [-0.39, 0.29) is 0 Å². The fourth-order valence-corrected chi connectivity index (χ4v) is 1.87. The molecule has 0 aromatic carbocycles. The molecule has 0 spiro atoms. The van der Waals surface area contributed by atoms with E-state index in [1.807, 2.05) is 6.20 Å². The molecule has 12 heavy (non-hydrogen) atoms. The molecular formula is C10H12BrN. The summed E-state index contributed by atoms with van der Waals surface area (Å²) in [6.07, 6.45) is 5.69. The summed E-state index contributed by atoms with van der Waals surface area (Å²) in [4.78, 5) is 4.40. The van der Waals surface area contributed by atoms with Crippen LogP contribution in [0.5, 0.6) is 0 Å². The van der Waals surface area contributed by atoms with Gasteiger partial charge in [0.1, 0.15) is 0 Å². The van der Waals surface area contributed by atoms with Gasteiger partial charge in [-0.15, -0.1) is 0 Å². The molecule has 1 saturated carbocycles. The number of aromatic nitrogens is 1. The summed E-state index contributed by atoms with van der Waals surface area (Å²) in [5.74, 6) is 0.767. The van der Waals surface area contributed by atoms with Crippen LogP contribution >= 0.6 is 15.9 Å². The van der Waals surface area contributed by atoms with Crippen LogP contribution in [0.2, 0.25) is 0 Å². The summed E-state index contributed by atoms with van der Waals surface area (Å²) in [7, 11) is 0. The molecule has 0 unspecified atom stereocenters. The maximum Gasteiger partial charge on any atom is 0.0438 e. The fourth-order valence-electron chi connectivity index (χ4n) is 1.37. The van der Waals surface area contributed by atoms with E-state index in [1.165, 1.54) is 24.1 Å². The predicted octanol–water partition coefficient (Wildman–Crippen LogP) is 3.28. The van der Waals surface area contributed by atoms with E-state index in [0.29, 0.717) is 0 Å². The number of halogens is 1. The standard InChI is InChI=1S/C10H12BrN/c1-2-7-5-10(8-3-4-8)12-6-9(7)11/h5-6,8H,2-4H2,1H3. The molecule has 1 heterocycles. The van der Waals surface area contributed by atoms with Gasteiger partial charge in [-0.25, -0.2) is 0 Å². The minimum Gasteiger partial charge on any atom is -0.260 e. The molecule has 0 atom stereocenters. The summed E-state index contributed by atoms with van der Waals surface area (Å²) in [6.45, 7) is 2.18. The average molecular weight is 226 g/mol. The van der Waals surface area contributed by atoms with Gasteiger partial charge in [-0.3, -0.25) is 4.98 Å². The molecule has 2 rings (SSSR count). The molecule has 1 aliphatic rings. The quantitative estimate of drug-likeness (QED) is 0.754. The Balaban J connectivity index is 2.33. The van der Waals surface area contributed by atoms with Gasteiger partial charge in [0, 0.05) is 22.3 Å². The lowest BCUT2D eigenvalue weighted by Gasteiger charge is -2.03. The molecule has 0 aliphatic heterocycles. The fraction of sp³-hybridized carbons (Fsp3) is 0.500. The van der Waals surface area contributed by atoms with Crippen LogP contribution in [0.15, 0.2) is 16.7 Å². The van der Waals surface area contributed by atoms with Crippen molar-refractivity contribution in [2.45, 2.75) is 32.1 Å². The number of rotatable bonds is 2. The van der Waals surface area contributed by atoms with E-state index >= 15 is 0 Å². The highest BCUT2D eigenvalue weighted by molar-refractivity contribution is 9.10. The maximum atomic E-state index is 4.40. The zero-order chi connectivity index (χ0) is 8.55. The van der Waals surface area contributed by atoms with E-state index in [9.17, 15) is 0 Å². The Hall–Kier alpha value is -0.370. The highest BCUT2D eigenvalue weighted by atomic mass is 79.9. The van der Waals surface area contributed by atoms with Crippen LogP contribution in [0.4, 0.5) is 0 Å². The summed E-state index contributed by atoms with van der Waals surface area (Å²) >= 11 is 3.50. The summed E-state index contributed by atoms with van der Waals surface area (Å²) in [6, 6.07) is 2.24. The minimum atomic E-state index is 0.767. The Bertz CT molecular complexity index is 292. The van der Waals surface area contributed by atoms with Crippen molar-refractivity contribution in [2.75, 3.05) is 0 Å². The topological polar surface area (TPSA) is 12.9 Å². The average Bonchev–Trinajstić information content (AvgIpc) is 2.88. The Morgan fingerprint density at radius 1 is 1.58 bits per heavy atom. The van der Waals surface area contributed by atoms with Crippen LogP contribution in [-0.2, 0) is 6.42 Å². The van der Waals surface area contributed by atoms with E-state index in [1.54, 1.807) is 0 Å². The first-order chi connectivity index (χ1) is 5.81. The van der Waals surface area contributed by atoms with E-state index in [0.717, 1.165) is 16.8 Å². The lowest BCUT2D eigenvalue weighted by atomic mass is 10.1. The number of aryl methyl sites for hydroxylation is 1. The maximum absolute atomic E-state index is 4.40. The largest absolute Gasteiger partial charge is 0.260 e. The normalized spacial score (nSPS) is 16.5. The van der Waals surface area contributed by atoms with Crippen molar-refractivity contribution in [1.82, 2.24) is 4.98 Å². The lowest BCUT2D eigenvalue weighted by Crippen LogP contribution is -1.90. The van der Waals surface area contributed by atoms with Gasteiger partial charge in [0.15, 0.2) is 0 Å². The third-order valence-electron chi connectivity index (χ3n) is 2.33. The van der Waals surface area contributed by atoms with Crippen LogP contribution in [0.25, 0.3) is 0 Å². The molecular weight excluding hydrogens is 214 g/mol. The molecule has 1 aliphatic carbocycles. The SMILES string of the molecule is CCc1cc(C2CC2)ncc1Br. The van der Waals surface area contributed by atoms with Gasteiger partial charge < -0.3 is 0 Å². The third kappa shape index (κ3) is 1.53. The van der Waals surface area contributed by atoms with Gasteiger partial charge in [0.05, 0.1) is 0 Å². The van der Waals surface area contributed by atoms with Crippen molar-refractivity contribution in [2.24, 2.45) is 0 Å². The molecule has 0 amide bonds. The molecule has 1 aromatic heterocycles. The molecule has 64 valence electrons. The number of hydrogen-bond donors (Lipinski definition) is 0. The van der Waals surface area contributed by atoms with Gasteiger partial charge >= 0.3 is 0 Å². The summed E-state index contributed by atoms with van der Waals surface area (Å²) < 4.78 is 1.15. The number of hydrogen-bond acceptors (Lipinski definition) is 1. The molecule has 2 heteroatoms. The Morgan fingerprint density at radius 3 is 2.92 bits per heavy atom. The van der Waals surface area contributed by atoms with Crippen molar-refractivity contribution in [3.05, 3.63) is 28.0 Å². The number of nitrogens with zero attached hydrogens (tertiary/aromatic N) is 1. The molecule has 1 aromatic rings. The highest BCUT2D eigenvalue weighted by Crippen LogP contribution is 2.39. The second-order valence-electron chi connectivity index (χ2n) is 3.33. The first-order valence-corrected chi connectivity index (χ1v) is 5.25. The zero-order valence-corrected chi connectivity index (χ0v) is 8.76. The van der Waals surface area contributed by atoms with Gasteiger partial charge in [-0.2, -0.15) is 0 Å². The number of pyridine rings is 1. The first-order valence-electron chi connectivity index (χ1n) is 4.45. The van der Waals surface area contributed by atoms with Crippen molar-refractivity contribution >= 4 is 15.9 Å². The monoisotopic (exact) mass is 225 g/mol. The van der Waals surface area contributed by atoms with E-state index < -0.39 is 0 Å².